The van der Waals surface area contributed by atoms with Gasteiger partial charge in [0.15, 0.2) is 0 Å². The van der Waals surface area contributed by atoms with E-state index in [0.29, 0.717) is 21.8 Å². The fourth-order valence-electron chi connectivity index (χ4n) is 3.79. The lowest BCUT2D eigenvalue weighted by atomic mass is 10.1. The number of aromatic amines is 1. The van der Waals surface area contributed by atoms with Crippen LogP contribution in [0.3, 0.4) is 0 Å². The number of nitrogen functional groups attached to an aromatic ring is 1. The molecule has 2 aromatic carbocycles. The first kappa shape index (κ1) is 18.0. The third-order valence-corrected chi connectivity index (χ3v) is 5.69. The number of anilines is 2. The van der Waals surface area contributed by atoms with Crippen molar-refractivity contribution in [3.63, 3.8) is 0 Å². The highest BCUT2D eigenvalue weighted by molar-refractivity contribution is 6.31. The zero-order chi connectivity index (χ0) is 20.1. The van der Waals surface area contributed by atoms with Crippen LogP contribution < -0.4 is 16.1 Å². The normalized spacial score (nSPS) is 15.4. The number of fused-ring (bicyclic) bond motifs is 2. The maximum Gasteiger partial charge on any atom is 0.205 e. The molecule has 1 saturated heterocycles. The van der Waals surface area contributed by atoms with Crippen LogP contribution in [0.15, 0.2) is 45.6 Å². The molecular formula is C21H20ClN5O2. The predicted octanol–water partition coefficient (Wildman–Crippen LogP) is 3.32. The maximum absolute atomic E-state index is 13.1. The monoisotopic (exact) mass is 409 g/mol. The van der Waals surface area contributed by atoms with Crippen molar-refractivity contribution in [1.82, 2.24) is 14.9 Å². The van der Waals surface area contributed by atoms with Crippen LogP contribution in [0.25, 0.3) is 33.4 Å². The molecule has 1 fully saturated rings. The summed E-state index contributed by atoms with van der Waals surface area (Å²) >= 11 is 6.05. The second kappa shape index (κ2) is 6.79. The van der Waals surface area contributed by atoms with Crippen LogP contribution in [-0.4, -0.2) is 48.1 Å². The fraction of sp³-hybridized carbons (Fsp3) is 0.238. The highest BCUT2D eigenvalue weighted by Crippen LogP contribution is 2.29. The van der Waals surface area contributed by atoms with Crippen LogP contribution in [0.5, 0.6) is 0 Å². The van der Waals surface area contributed by atoms with Crippen molar-refractivity contribution < 1.29 is 4.42 Å². The summed E-state index contributed by atoms with van der Waals surface area (Å²) in [5.74, 6) is 0.423. The van der Waals surface area contributed by atoms with E-state index in [1.165, 1.54) is 0 Å². The molecule has 0 amide bonds. The number of benzene rings is 2. The lowest BCUT2D eigenvalue weighted by molar-refractivity contribution is 0.313. The van der Waals surface area contributed by atoms with E-state index < -0.39 is 0 Å². The Labute approximate surface area is 171 Å². The van der Waals surface area contributed by atoms with E-state index in [9.17, 15) is 4.79 Å². The first-order valence-electron chi connectivity index (χ1n) is 9.45. The number of piperazine rings is 1. The molecule has 2 aromatic heterocycles. The van der Waals surface area contributed by atoms with Gasteiger partial charge in [0.2, 0.25) is 11.3 Å². The molecule has 4 aromatic rings. The first-order chi connectivity index (χ1) is 14.0. The van der Waals surface area contributed by atoms with Crippen molar-refractivity contribution in [2.24, 2.45) is 0 Å². The second-order valence-corrected chi connectivity index (χ2v) is 7.82. The summed E-state index contributed by atoms with van der Waals surface area (Å²) in [6.45, 7) is 4.02. The summed E-state index contributed by atoms with van der Waals surface area (Å²) in [5, 5.41) is 0.835. The van der Waals surface area contributed by atoms with Crippen LogP contribution in [0.4, 0.5) is 11.6 Å². The van der Waals surface area contributed by atoms with Crippen LogP contribution in [-0.2, 0) is 0 Å². The van der Waals surface area contributed by atoms with Gasteiger partial charge >= 0.3 is 0 Å². The lowest BCUT2D eigenvalue weighted by Crippen LogP contribution is -2.44. The minimum absolute atomic E-state index is 0.0307. The number of hydrogen-bond donors (Lipinski definition) is 2. The van der Waals surface area contributed by atoms with E-state index in [1.807, 2.05) is 6.07 Å². The molecule has 3 N–H and O–H groups in total. The Morgan fingerprint density at radius 2 is 1.93 bits per heavy atom. The number of likely N-dealkylation sites (N-methyl/N-ethyl adjacent to an activating group) is 1. The lowest BCUT2D eigenvalue weighted by Gasteiger charge is -2.34. The molecule has 0 unspecified atom stereocenters. The van der Waals surface area contributed by atoms with Gasteiger partial charge in [-0.15, -0.1) is 0 Å². The van der Waals surface area contributed by atoms with Gasteiger partial charge in [-0.2, -0.15) is 0 Å². The zero-order valence-electron chi connectivity index (χ0n) is 15.9. The van der Waals surface area contributed by atoms with E-state index in [-0.39, 0.29) is 16.9 Å². The van der Waals surface area contributed by atoms with E-state index in [2.05, 4.69) is 38.9 Å². The number of nitrogens with zero attached hydrogens (tertiary/aromatic N) is 3. The summed E-state index contributed by atoms with van der Waals surface area (Å²) in [7, 11) is 2.13. The van der Waals surface area contributed by atoms with E-state index in [4.69, 9.17) is 21.8 Å². The van der Waals surface area contributed by atoms with Crippen molar-refractivity contribution in [2.45, 2.75) is 0 Å². The van der Waals surface area contributed by atoms with E-state index in [1.54, 1.807) is 18.2 Å². The molecular weight excluding hydrogens is 390 g/mol. The smallest absolute Gasteiger partial charge is 0.205 e. The quantitative estimate of drug-likeness (QED) is 0.527. The number of halogens is 1. The Bertz CT molecular complexity index is 1290. The molecule has 7 nitrogen and oxygen atoms in total. The number of rotatable bonds is 2. The summed E-state index contributed by atoms with van der Waals surface area (Å²) in [6, 6.07) is 11.0. The summed E-state index contributed by atoms with van der Waals surface area (Å²) in [6.07, 6.45) is 0. The topological polar surface area (TPSA) is 91.4 Å². The van der Waals surface area contributed by atoms with Gasteiger partial charge in [0.1, 0.15) is 17.0 Å². The second-order valence-electron chi connectivity index (χ2n) is 7.39. The van der Waals surface area contributed by atoms with Crippen LogP contribution in [0.1, 0.15) is 0 Å². The molecule has 5 rings (SSSR count). The zero-order valence-corrected chi connectivity index (χ0v) is 16.7. The molecule has 0 atom stereocenters. The van der Waals surface area contributed by atoms with Crippen molar-refractivity contribution >= 4 is 45.2 Å². The summed E-state index contributed by atoms with van der Waals surface area (Å²) in [5.41, 5.74) is 9.17. The molecule has 0 aliphatic carbocycles. The first-order valence-corrected chi connectivity index (χ1v) is 9.83. The van der Waals surface area contributed by atoms with Gasteiger partial charge in [-0.05, 0) is 43.4 Å². The number of aromatic nitrogens is 2. The average molecular weight is 410 g/mol. The van der Waals surface area contributed by atoms with Gasteiger partial charge in [-0.25, -0.2) is 4.98 Å². The number of nitrogens with two attached hydrogens (primary N) is 1. The minimum atomic E-state index is -0.260. The largest absolute Gasteiger partial charge is 0.440 e. The summed E-state index contributed by atoms with van der Waals surface area (Å²) < 4.78 is 5.65. The Kier molecular flexibility index (Phi) is 4.22. The van der Waals surface area contributed by atoms with E-state index >= 15 is 0 Å². The Morgan fingerprint density at radius 3 is 2.72 bits per heavy atom. The maximum atomic E-state index is 13.1. The van der Waals surface area contributed by atoms with Crippen molar-refractivity contribution in [1.29, 1.82) is 0 Å². The van der Waals surface area contributed by atoms with Crippen molar-refractivity contribution in [3.8, 4) is 11.4 Å². The summed E-state index contributed by atoms with van der Waals surface area (Å²) in [4.78, 5) is 25.5. The SMILES string of the molecule is CN1CCN(c2ccc3nc(-c4c(N)oc5ccc(Cl)cc5c4=O)[nH]c3c2)CC1. The highest BCUT2D eigenvalue weighted by atomic mass is 35.5. The molecule has 3 heterocycles. The molecule has 1 aliphatic rings. The van der Waals surface area contributed by atoms with Crippen molar-refractivity contribution in [2.75, 3.05) is 43.9 Å². The number of imidazole rings is 1. The fourth-order valence-corrected chi connectivity index (χ4v) is 3.96. The highest BCUT2D eigenvalue weighted by Gasteiger charge is 2.19. The average Bonchev–Trinajstić information content (AvgIpc) is 3.12. The van der Waals surface area contributed by atoms with Gasteiger partial charge in [0, 0.05) is 36.9 Å². The molecule has 0 radical (unpaired) electrons. The minimum Gasteiger partial charge on any atom is -0.440 e. The van der Waals surface area contributed by atoms with Gasteiger partial charge in [0.05, 0.1) is 16.4 Å². The third kappa shape index (κ3) is 3.12. The molecule has 8 heteroatoms. The molecule has 29 heavy (non-hydrogen) atoms. The van der Waals surface area contributed by atoms with Gasteiger partial charge in [-0.3, -0.25) is 4.79 Å². The molecule has 1 aliphatic heterocycles. The molecule has 0 bridgehead atoms. The van der Waals surface area contributed by atoms with Gasteiger partial charge in [-0.1, -0.05) is 11.6 Å². The predicted molar refractivity (Wildman–Crippen MR) is 117 cm³/mol. The number of hydrogen-bond acceptors (Lipinski definition) is 6. The number of nitrogens with one attached hydrogen (secondary N) is 1. The molecule has 148 valence electrons. The van der Waals surface area contributed by atoms with Crippen LogP contribution in [0, 0.1) is 0 Å². The van der Waals surface area contributed by atoms with Gasteiger partial charge < -0.3 is 24.9 Å². The Balaban J connectivity index is 1.60. The van der Waals surface area contributed by atoms with Crippen LogP contribution in [0.2, 0.25) is 5.02 Å². The van der Waals surface area contributed by atoms with Crippen LogP contribution >= 0.6 is 11.6 Å². The Hall–Kier alpha value is -3.03. The van der Waals surface area contributed by atoms with E-state index in [0.717, 1.165) is 42.9 Å². The van der Waals surface area contributed by atoms with Crippen molar-refractivity contribution in [3.05, 3.63) is 51.6 Å². The van der Waals surface area contributed by atoms with Gasteiger partial charge in [0.25, 0.3) is 0 Å². The molecule has 0 spiro atoms. The molecule has 0 saturated carbocycles. The number of H-pyrrole nitrogens is 1. The standard InChI is InChI=1S/C21H20ClN5O2/c1-26-6-8-27(9-7-26)13-3-4-15-16(11-13)25-21(24-15)18-19(28)14-10-12(22)2-5-17(14)29-20(18)23/h2-5,10-11H,6-9,23H2,1H3,(H,24,25). The Morgan fingerprint density at radius 1 is 1.14 bits per heavy atom. The third-order valence-electron chi connectivity index (χ3n) is 5.45.